The first-order chi connectivity index (χ1) is 9.83. The lowest BCUT2D eigenvalue weighted by molar-refractivity contribution is 0.572. The predicted octanol–water partition coefficient (Wildman–Crippen LogP) is 1.60. The second-order valence-corrected chi connectivity index (χ2v) is 3.82. The van der Waals surface area contributed by atoms with Gasteiger partial charge in [0.2, 0.25) is 5.95 Å². The minimum atomic E-state index is -0.678. The second kappa shape index (κ2) is 5.28. The Morgan fingerprint density at radius 3 is 2.60 bits per heavy atom. The van der Waals surface area contributed by atoms with E-state index in [1.807, 2.05) is 0 Å². The first-order valence-corrected chi connectivity index (χ1v) is 5.76. The van der Waals surface area contributed by atoms with Crippen molar-refractivity contribution in [2.45, 2.75) is 0 Å². The largest absolute Gasteiger partial charge is 0.291 e. The molecule has 96 valence electrons. The standard InChI is InChI=1S/C14H8FN5/c15-14-12(17-5-6-18-14)3-1-11-2-4-13(19-9-11)20-8-7-16-10-20/h2,4-10H. The number of aromatic nitrogens is 5. The third kappa shape index (κ3) is 2.52. The maximum Gasteiger partial charge on any atom is 0.247 e. The molecule has 20 heavy (non-hydrogen) atoms. The van der Waals surface area contributed by atoms with Gasteiger partial charge in [0.05, 0.1) is 0 Å². The molecule has 3 rings (SSSR count). The predicted molar refractivity (Wildman–Crippen MR) is 69.3 cm³/mol. The van der Waals surface area contributed by atoms with Gasteiger partial charge in [0.1, 0.15) is 12.1 Å². The van der Waals surface area contributed by atoms with Crippen molar-refractivity contribution in [3.63, 3.8) is 0 Å². The molecule has 0 fully saturated rings. The molecule has 0 aromatic carbocycles. The molecule has 0 saturated carbocycles. The minimum absolute atomic E-state index is 0.0196. The van der Waals surface area contributed by atoms with Gasteiger partial charge in [-0.1, -0.05) is 5.92 Å². The lowest BCUT2D eigenvalue weighted by Crippen LogP contribution is -1.94. The zero-order chi connectivity index (χ0) is 13.8. The van der Waals surface area contributed by atoms with Gasteiger partial charge < -0.3 is 0 Å². The summed E-state index contributed by atoms with van der Waals surface area (Å²) in [6.07, 6.45) is 9.41. The van der Waals surface area contributed by atoms with E-state index in [2.05, 4.69) is 31.8 Å². The van der Waals surface area contributed by atoms with Gasteiger partial charge in [0.15, 0.2) is 5.69 Å². The van der Waals surface area contributed by atoms with Crippen molar-refractivity contribution < 1.29 is 4.39 Å². The number of hydrogen-bond acceptors (Lipinski definition) is 4. The van der Waals surface area contributed by atoms with Crippen LogP contribution >= 0.6 is 0 Å². The SMILES string of the molecule is Fc1nccnc1C#Cc1ccc(-n2ccnc2)nc1. The molecular formula is C14H8FN5. The lowest BCUT2D eigenvalue weighted by atomic mass is 10.2. The first-order valence-electron chi connectivity index (χ1n) is 5.76. The second-order valence-electron chi connectivity index (χ2n) is 3.82. The molecule has 0 N–H and O–H groups in total. The summed E-state index contributed by atoms with van der Waals surface area (Å²) in [4.78, 5) is 15.5. The van der Waals surface area contributed by atoms with E-state index in [1.165, 1.54) is 12.4 Å². The van der Waals surface area contributed by atoms with Crippen molar-refractivity contribution in [2.75, 3.05) is 0 Å². The highest BCUT2D eigenvalue weighted by atomic mass is 19.1. The Bertz CT molecular complexity index is 769. The monoisotopic (exact) mass is 265 g/mol. The topological polar surface area (TPSA) is 56.5 Å². The fourth-order valence-corrected chi connectivity index (χ4v) is 1.54. The van der Waals surface area contributed by atoms with Crippen LogP contribution in [0.2, 0.25) is 0 Å². The van der Waals surface area contributed by atoms with Crippen molar-refractivity contribution in [2.24, 2.45) is 0 Å². The average Bonchev–Trinajstić information content (AvgIpc) is 3.01. The van der Waals surface area contributed by atoms with Crippen LogP contribution < -0.4 is 0 Å². The van der Waals surface area contributed by atoms with Gasteiger partial charge in [-0.25, -0.2) is 19.9 Å². The van der Waals surface area contributed by atoms with Gasteiger partial charge in [-0.05, 0) is 18.1 Å². The van der Waals surface area contributed by atoms with Crippen LogP contribution in [0, 0.1) is 17.8 Å². The molecular weight excluding hydrogens is 257 g/mol. The summed E-state index contributed by atoms with van der Waals surface area (Å²) >= 11 is 0. The molecule has 0 saturated heterocycles. The molecule has 0 aliphatic carbocycles. The Morgan fingerprint density at radius 2 is 1.90 bits per heavy atom. The molecule has 6 heteroatoms. The Labute approximate surface area is 114 Å². The van der Waals surface area contributed by atoms with Crippen LogP contribution in [-0.4, -0.2) is 24.5 Å². The third-order valence-corrected chi connectivity index (χ3v) is 2.50. The van der Waals surface area contributed by atoms with Crippen molar-refractivity contribution in [1.29, 1.82) is 0 Å². The lowest BCUT2D eigenvalue weighted by Gasteiger charge is -1.99. The van der Waals surface area contributed by atoms with Gasteiger partial charge in [-0.2, -0.15) is 4.39 Å². The first kappa shape index (κ1) is 12.0. The third-order valence-electron chi connectivity index (χ3n) is 2.50. The Hall–Kier alpha value is -3.07. The van der Waals surface area contributed by atoms with Crippen LogP contribution in [0.15, 0.2) is 49.4 Å². The Morgan fingerprint density at radius 1 is 1.00 bits per heavy atom. The molecule has 0 atom stereocenters. The summed E-state index contributed by atoms with van der Waals surface area (Å²) in [5.74, 6) is 5.48. The van der Waals surface area contributed by atoms with E-state index in [0.717, 1.165) is 5.82 Å². The van der Waals surface area contributed by atoms with E-state index in [-0.39, 0.29) is 5.69 Å². The van der Waals surface area contributed by atoms with Crippen molar-refractivity contribution in [1.82, 2.24) is 24.5 Å². The maximum atomic E-state index is 13.2. The molecule has 3 aromatic rings. The van der Waals surface area contributed by atoms with Crippen LogP contribution in [0.5, 0.6) is 0 Å². The fourth-order valence-electron chi connectivity index (χ4n) is 1.54. The van der Waals surface area contributed by atoms with Gasteiger partial charge in [-0.15, -0.1) is 0 Å². The van der Waals surface area contributed by atoms with Crippen LogP contribution in [-0.2, 0) is 0 Å². The highest BCUT2D eigenvalue weighted by Gasteiger charge is 1.99. The van der Waals surface area contributed by atoms with Gasteiger partial charge in [0.25, 0.3) is 0 Å². The molecule has 0 unspecified atom stereocenters. The highest BCUT2D eigenvalue weighted by Crippen LogP contribution is 2.05. The average molecular weight is 265 g/mol. The van der Waals surface area contributed by atoms with Crippen molar-refractivity contribution >= 4 is 0 Å². The summed E-state index contributed by atoms with van der Waals surface area (Å²) in [5, 5.41) is 0. The van der Waals surface area contributed by atoms with Gasteiger partial charge in [0, 0.05) is 36.5 Å². The van der Waals surface area contributed by atoms with E-state index < -0.39 is 5.95 Å². The minimum Gasteiger partial charge on any atom is -0.291 e. The molecule has 0 aliphatic heterocycles. The van der Waals surface area contributed by atoms with Crippen LogP contribution in [0.3, 0.4) is 0 Å². The molecule has 3 aromatic heterocycles. The van der Waals surface area contributed by atoms with Crippen molar-refractivity contribution in [3.05, 3.63) is 66.6 Å². The normalized spacial score (nSPS) is 9.85. The van der Waals surface area contributed by atoms with E-state index in [4.69, 9.17) is 0 Å². The molecule has 0 spiro atoms. The zero-order valence-electron chi connectivity index (χ0n) is 10.2. The highest BCUT2D eigenvalue weighted by molar-refractivity contribution is 5.40. The smallest absolute Gasteiger partial charge is 0.247 e. The fraction of sp³-hybridized carbons (Fsp3) is 0. The molecule has 0 radical (unpaired) electrons. The van der Waals surface area contributed by atoms with Crippen LogP contribution in [0.4, 0.5) is 4.39 Å². The van der Waals surface area contributed by atoms with E-state index in [1.54, 1.807) is 41.6 Å². The number of nitrogens with zero attached hydrogens (tertiary/aromatic N) is 5. The van der Waals surface area contributed by atoms with Gasteiger partial charge >= 0.3 is 0 Å². The molecule has 0 amide bonds. The Kier molecular flexibility index (Phi) is 3.17. The zero-order valence-corrected chi connectivity index (χ0v) is 10.2. The van der Waals surface area contributed by atoms with Crippen molar-refractivity contribution in [3.8, 4) is 17.7 Å². The number of imidazole rings is 1. The number of rotatable bonds is 1. The van der Waals surface area contributed by atoms with E-state index >= 15 is 0 Å². The number of halogens is 1. The summed E-state index contributed by atoms with van der Waals surface area (Å²) in [6.45, 7) is 0. The molecule has 0 aliphatic rings. The van der Waals surface area contributed by atoms with Gasteiger partial charge in [-0.3, -0.25) is 4.57 Å². The summed E-state index contributed by atoms with van der Waals surface area (Å²) < 4.78 is 15.0. The van der Waals surface area contributed by atoms with E-state index in [9.17, 15) is 4.39 Å². The quantitative estimate of drug-likeness (QED) is 0.627. The summed E-state index contributed by atoms with van der Waals surface area (Å²) in [7, 11) is 0. The maximum absolute atomic E-state index is 13.2. The van der Waals surface area contributed by atoms with Crippen LogP contribution in [0.25, 0.3) is 5.82 Å². The Balaban J connectivity index is 1.85. The molecule has 3 heterocycles. The number of hydrogen-bond donors (Lipinski definition) is 0. The molecule has 5 nitrogen and oxygen atoms in total. The summed E-state index contributed by atoms with van der Waals surface area (Å²) in [5.41, 5.74) is 0.685. The number of pyridine rings is 1. The van der Waals surface area contributed by atoms with Crippen LogP contribution in [0.1, 0.15) is 11.3 Å². The van der Waals surface area contributed by atoms with E-state index in [0.29, 0.717) is 5.56 Å². The molecule has 0 bridgehead atoms. The summed E-state index contributed by atoms with van der Waals surface area (Å²) in [6, 6.07) is 3.60.